The van der Waals surface area contributed by atoms with Crippen LogP contribution in [-0.2, 0) is 15.6 Å². The third kappa shape index (κ3) is 5.37. The third-order valence-electron chi connectivity index (χ3n) is 4.41. The second-order valence-corrected chi connectivity index (χ2v) is 8.10. The molecule has 2 unspecified atom stereocenters. The number of halogens is 1. The molecule has 0 aromatic heterocycles. The van der Waals surface area contributed by atoms with Crippen LogP contribution in [0.5, 0.6) is 0 Å². The Morgan fingerprint density at radius 2 is 1.97 bits per heavy atom. The number of amides is 2. The smallest absolute Gasteiger partial charge is 0.269 e. The molecule has 0 fully saturated rings. The summed E-state index contributed by atoms with van der Waals surface area (Å²) in [6, 6.07) is 9.30. The summed E-state index contributed by atoms with van der Waals surface area (Å²) in [5.41, 5.74) is 9.31. The van der Waals surface area contributed by atoms with Crippen LogP contribution in [0.15, 0.2) is 36.4 Å². The van der Waals surface area contributed by atoms with Crippen molar-refractivity contribution in [1.29, 1.82) is 0 Å². The second-order valence-electron chi connectivity index (χ2n) is 6.54. The van der Waals surface area contributed by atoms with Gasteiger partial charge in [0.25, 0.3) is 11.8 Å². The summed E-state index contributed by atoms with van der Waals surface area (Å²) in [4.78, 5) is 24.1. The molecule has 0 radical (unpaired) electrons. The van der Waals surface area contributed by atoms with E-state index in [1.54, 1.807) is 25.1 Å². The first-order chi connectivity index (χ1) is 13.6. The maximum atomic E-state index is 14.2. The van der Waals surface area contributed by atoms with Gasteiger partial charge in [-0.2, -0.15) is 0 Å². The number of hydrazine groups is 1. The molecular formula is C19H23FN4O4S. The maximum absolute atomic E-state index is 14.2. The molecule has 2 aromatic carbocycles. The van der Waals surface area contributed by atoms with Gasteiger partial charge < -0.3 is 5.73 Å². The normalized spacial score (nSPS) is 12.9. The molecule has 29 heavy (non-hydrogen) atoms. The molecule has 2 amide bonds. The van der Waals surface area contributed by atoms with Crippen LogP contribution in [0, 0.1) is 12.7 Å². The number of hydrogen-bond donors (Lipinski definition) is 4. The number of anilines is 1. The minimum Gasteiger partial charge on any atom is -0.398 e. The Morgan fingerprint density at radius 3 is 2.52 bits per heavy atom. The monoisotopic (exact) mass is 422 g/mol. The second kappa shape index (κ2) is 9.59. The number of aryl methyl sites for hydroxylation is 1. The first kappa shape index (κ1) is 22.5. The number of rotatable bonds is 7. The first-order valence-corrected chi connectivity index (χ1v) is 10.3. The molecule has 10 heteroatoms. The van der Waals surface area contributed by atoms with Crippen molar-refractivity contribution in [2.24, 2.45) is 5.84 Å². The first-order valence-electron chi connectivity index (χ1n) is 8.64. The molecule has 0 aliphatic heterocycles. The Balaban J connectivity index is 2.16. The van der Waals surface area contributed by atoms with Crippen LogP contribution in [0.2, 0.25) is 0 Å². The number of nitrogens with zero attached hydrogens (tertiary/aromatic N) is 1. The Hall–Kier alpha value is -2.82. The highest BCUT2D eigenvalue weighted by Crippen LogP contribution is 2.27. The minimum atomic E-state index is -1.57. The number of hydrogen-bond acceptors (Lipinski definition) is 6. The number of hydroxylamine groups is 1. The average molecular weight is 422 g/mol. The Labute approximate surface area is 170 Å². The molecule has 2 atom stereocenters. The van der Waals surface area contributed by atoms with Gasteiger partial charge in [-0.25, -0.2) is 15.7 Å². The number of nitrogens with two attached hydrogens (primary N) is 2. The molecule has 0 aliphatic rings. The fraction of sp³-hybridized carbons (Fsp3) is 0.263. The van der Waals surface area contributed by atoms with Crippen molar-refractivity contribution < 1.29 is 23.4 Å². The maximum Gasteiger partial charge on any atom is 0.269 e. The molecule has 0 saturated heterocycles. The highest BCUT2D eigenvalue weighted by molar-refractivity contribution is 7.85. The van der Waals surface area contributed by atoms with Crippen molar-refractivity contribution in [3.63, 3.8) is 0 Å². The van der Waals surface area contributed by atoms with Crippen LogP contribution in [-0.4, -0.2) is 44.3 Å². The molecule has 2 rings (SSSR count). The van der Waals surface area contributed by atoms with E-state index >= 15 is 0 Å². The Bertz CT molecular complexity index is 954. The van der Waals surface area contributed by atoms with Crippen molar-refractivity contribution in [3.8, 4) is 11.1 Å². The van der Waals surface area contributed by atoms with Crippen LogP contribution >= 0.6 is 0 Å². The Morgan fingerprint density at radius 1 is 1.28 bits per heavy atom. The van der Waals surface area contributed by atoms with Crippen LogP contribution in [0.3, 0.4) is 0 Å². The van der Waals surface area contributed by atoms with E-state index in [0.29, 0.717) is 11.1 Å². The van der Waals surface area contributed by atoms with E-state index in [9.17, 15) is 18.2 Å². The predicted molar refractivity (Wildman–Crippen MR) is 109 cm³/mol. The van der Waals surface area contributed by atoms with Crippen molar-refractivity contribution >= 4 is 28.3 Å². The van der Waals surface area contributed by atoms with E-state index in [0.717, 1.165) is 10.6 Å². The zero-order valence-corrected chi connectivity index (χ0v) is 16.8. The van der Waals surface area contributed by atoms with Gasteiger partial charge in [0.15, 0.2) is 0 Å². The number of nitrogens with one attached hydrogen (secondary N) is 1. The lowest BCUT2D eigenvalue weighted by Gasteiger charge is -2.20. The standard InChI is InChI=1S/C19H23FN4O4S/c1-11-3-5-13(15(20)9-11)12-4-6-14(16(21)10-12)19(26)24(22)8-7-17(29(2)28)18(25)23-27/h3-6,9-10,17,27H,7-8,21-22H2,1-2H3,(H,23,25). The van der Waals surface area contributed by atoms with Crippen molar-refractivity contribution in [1.82, 2.24) is 10.5 Å². The predicted octanol–water partition coefficient (Wildman–Crippen LogP) is 1.34. The summed E-state index contributed by atoms with van der Waals surface area (Å²) in [5, 5.41) is 8.53. The largest absolute Gasteiger partial charge is 0.398 e. The van der Waals surface area contributed by atoms with Gasteiger partial charge in [0.1, 0.15) is 11.1 Å². The summed E-state index contributed by atoms with van der Waals surface area (Å²) in [6.45, 7) is 1.69. The van der Waals surface area contributed by atoms with E-state index in [1.807, 2.05) is 0 Å². The van der Waals surface area contributed by atoms with E-state index in [2.05, 4.69) is 0 Å². The number of carbonyl (C=O) groups is 2. The zero-order chi connectivity index (χ0) is 21.7. The van der Waals surface area contributed by atoms with E-state index < -0.39 is 33.7 Å². The van der Waals surface area contributed by atoms with Gasteiger partial charge in [-0.1, -0.05) is 18.2 Å². The quantitative estimate of drug-likeness (QED) is 0.175. The topological polar surface area (TPSA) is 139 Å². The summed E-state index contributed by atoms with van der Waals surface area (Å²) in [6.07, 6.45) is 1.29. The molecule has 0 bridgehead atoms. The highest BCUT2D eigenvalue weighted by atomic mass is 32.2. The summed E-state index contributed by atoms with van der Waals surface area (Å²) in [5.74, 6) is 3.94. The van der Waals surface area contributed by atoms with Crippen LogP contribution in [0.4, 0.5) is 10.1 Å². The van der Waals surface area contributed by atoms with Crippen molar-refractivity contribution in [3.05, 3.63) is 53.3 Å². The van der Waals surface area contributed by atoms with Gasteiger partial charge >= 0.3 is 0 Å². The molecule has 2 aromatic rings. The molecule has 8 nitrogen and oxygen atoms in total. The number of carbonyl (C=O) groups excluding carboxylic acids is 2. The third-order valence-corrected chi connectivity index (χ3v) is 5.67. The lowest BCUT2D eigenvalue weighted by Crippen LogP contribution is -2.43. The molecule has 0 saturated carbocycles. The minimum absolute atomic E-state index is 0.0235. The Kier molecular flexibility index (Phi) is 7.43. The van der Waals surface area contributed by atoms with Crippen molar-refractivity contribution in [2.45, 2.75) is 18.6 Å². The molecule has 0 aliphatic carbocycles. The lowest BCUT2D eigenvalue weighted by atomic mass is 10.0. The highest BCUT2D eigenvalue weighted by Gasteiger charge is 2.24. The van der Waals surface area contributed by atoms with Gasteiger partial charge in [0.2, 0.25) is 0 Å². The van der Waals surface area contributed by atoms with E-state index in [-0.39, 0.29) is 24.2 Å². The lowest BCUT2D eigenvalue weighted by molar-refractivity contribution is -0.128. The fourth-order valence-corrected chi connectivity index (χ4v) is 3.60. The van der Waals surface area contributed by atoms with E-state index in [4.69, 9.17) is 16.8 Å². The van der Waals surface area contributed by atoms with Gasteiger partial charge in [-0.15, -0.1) is 0 Å². The zero-order valence-electron chi connectivity index (χ0n) is 16.0. The van der Waals surface area contributed by atoms with Crippen LogP contribution in [0.1, 0.15) is 22.3 Å². The fourth-order valence-electron chi connectivity index (χ4n) is 2.81. The average Bonchev–Trinajstić information content (AvgIpc) is 2.66. The summed E-state index contributed by atoms with van der Waals surface area (Å²) in [7, 11) is -1.57. The van der Waals surface area contributed by atoms with Crippen LogP contribution < -0.4 is 17.1 Å². The summed E-state index contributed by atoms with van der Waals surface area (Å²) < 4.78 is 25.8. The molecule has 6 N–H and O–H groups in total. The summed E-state index contributed by atoms with van der Waals surface area (Å²) >= 11 is 0. The molecule has 0 heterocycles. The van der Waals surface area contributed by atoms with E-state index in [1.165, 1.54) is 29.9 Å². The molecular weight excluding hydrogens is 399 g/mol. The number of benzene rings is 2. The van der Waals surface area contributed by atoms with Gasteiger partial charge in [0, 0.05) is 34.9 Å². The number of nitrogen functional groups attached to an aromatic ring is 1. The SMILES string of the molecule is Cc1ccc(-c2ccc(C(=O)N(N)CCC(C(=O)NO)S(C)=O)c(N)c2)c(F)c1. The van der Waals surface area contributed by atoms with Crippen molar-refractivity contribution in [2.75, 3.05) is 18.5 Å². The molecule has 156 valence electrons. The van der Waals surface area contributed by atoms with Gasteiger partial charge in [0.05, 0.1) is 5.56 Å². The van der Waals surface area contributed by atoms with Gasteiger partial charge in [-0.05, 0) is 42.7 Å². The van der Waals surface area contributed by atoms with Crippen LogP contribution in [0.25, 0.3) is 11.1 Å². The molecule has 0 spiro atoms. The van der Waals surface area contributed by atoms with Gasteiger partial charge in [-0.3, -0.25) is 24.0 Å².